The van der Waals surface area contributed by atoms with Gasteiger partial charge in [0.25, 0.3) is 0 Å². The maximum absolute atomic E-state index is 6.55. The fourth-order valence-corrected chi connectivity index (χ4v) is 9.54. The molecule has 0 fully saturated rings. The molecule has 9 aromatic carbocycles. The highest BCUT2D eigenvalue weighted by molar-refractivity contribution is 6.24. The third kappa shape index (κ3) is 5.55. The molecule has 0 atom stereocenters. The van der Waals surface area contributed by atoms with E-state index in [1.54, 1.807) is 0 Å². The molecular formula is C57H35N5O. The first kappa shape index (κ1) is 35.2. The van der Waals surface area contributed by atoms with Gasteiger partial charge in [0.2, 0.25) is 0 Å². The molecule has 0 amide bonds. The molecule has 6 heteroatoms. The Morgan fingerprint density at radius 3 is 1.46 bits per heavy atom. The van der Waals surface area contributed by atoms with E-state index in [0.717, 1.165) is 66.6 Å². The zero-order chi connectivity index (χ0) is 41.4. The third-order valence-corrected chi connectivity index (χ3v) is 12.4. The predicted molar refractivity (Wildman–Crippen MR) is 258 cm³/mol. The summed E-state index contributed by atoms with van der Waals surface area (Å²) in [7, 11) is 0. The molecule has 4 aromatic heterocycles. The second-order valence-electron chi connectivity index (χ2n) is 16.0. The van der Waals surface area contributed by atoms with Crippen LogP contribution in [-0.4, -0.2) is 24.1 Å². The summed E-state index contributed by atoms with van der Waals surface area (Å²) in [6.07, 6.45) is 0. The third-order valence-electron chi connectivity index (χ3n) is 12.4. The van der Waals surface area contributed by atoms with Crippen molar-refractivity contribution in [3.05, 3.63) is 212 Å². The maximum atomic E-state index is 6.55. The minimum Gasteiger partial charge on any atom is -0.456 e. The summed E-state index contributed by atoms with van der Waals surface area (Å²) in [5.41, 5.74) is 13.5. The fourth-order valence-electron chi connectivity index (χ4n) is 9.54. The minimum absolute atomic E-state index is 0.593. The predicted octanol–water partition coefficient (Wildman–Crippen LogP) is 14.6. The Morgan fingerprint density at radius 1 is 0.317 bits per heavy atom. The molecule has 4 heterocycles. The molecule has 0 aliphatic rings. The Labute approximate surface area is 361 Å². The molecular weight excluding hydrogens is 771 g/mol. The summed E-state index contributed by atoms with van der Waals surface area (Å²) >= 11 is 0. The highest BCUT2D eigenvalue weighted by Crippen LogP contribution is 2.44. The lowest BCUT2D eigenvalue weighted by atomic mass is 9.99. The first-order chi connectivity index (χ1) is 31.2. The van der Waals surface area contributed by atoms with Crippen LogP contribution in [0, 0.1) is 0 Å². The number of hydrogen-bond acceptors (Lipinski definition) is 4. The highest BCUT2D eigenvalue weighted by Gasteiger charge is 2.23. The van der Waals surface area contributed by atoms with Gasteiger partial charge >= 0.3 is 0 Å². The number of para-hydroxylation sites is 3. The molecule has 294 valence electrons. The number of benzene rings is 9. The van der Waals surface area contributed by atoms with Gasteiger partial charge in [-0.2, -0.15) is 0 Å². The van der Waals surface area contributed by atoms with Crippen LogP contribution in [0.1, 0.15) is 0 Å². The van der Waals surface area contributed by atoms with E-state index in [-0.39, 0.29) is 0 Å². The van der Waals surface area contributed by atoms with Gasteiger partial charge in [-0.25, -0.2) is 15.0 Å². The van der Waals surface area contributed by atoms with E-state index in [0.29, 0.717) is 17.5 Å². The largest absolute Gasteiger partial charge is 0.456 e. The Morgan fingerprint density at radius 2 is 0.825 bits per heavy atom. The second-order valence-corrected chi connectivity index (χ2v) is 16.0. The van der Waals surface area contributed by atoms with Crippen LogP contribution in [0.15, 0.2) is 217 Å². The molecule has 0 unspecified atom stereocenters. The van der Waals surface area contributed by atoms with Crippen LogP contribution in [0.4, 0.5) is 0 Å². The van der Waals surface area contributed by atoms with E-state index in [9.17, 15) is 0 Å². The number of hydrogen-bond donors (Lipinski definition) is 0. The summed E-state index contributed by atoms with van der Waals surface area (Å²) in [6.45, 7) is 0. The van der Waals surface area contributed by atoms with Crippen LogP contribution in [0.3, 0.4) is 0 Å². The highest BCUT2D eigenvalue weighted by atomic mass is 16.3. The minimum atomic E-state index is 0.593. The number of aromatic nitrogens is 5. The number of rotatable bonds is 6. The zero-order valence-electron chi connectivity index (χ0n) is 33.9. The molecule has 13 aromatic rings. The standard InChI is InChI=1S/C57H35N5O/c1-5-16-36(17-6-1)55-58-56(37-18-7-2-8-19-37)60-57(59-55)45-25-15-27-51-52(45)47-35-39(29-33-50(47)63-51)38-28-32-49-46(34-38)44-31-30-43-42-24-13-14-26-48(42)61(40-20-9-3-10-21-40)53(43)54(44)62(49)41-22-11-4-12-23-41/h1-35H. The van der Waals surface area contributed by atoms with Gasteiger partial charge in [0.1, 0.15) is 11.2 Å². The molecule has 0 bridgehead atoms. The normalized spacial score (nSPS) is 11.8. The first-order valence-electron chi connectivity index (χ1n) is 21.2. The van der Waals surface area contributed by atoms with Crippen LogP contribution >= 0.6 is 0 Å². The van der Waals surface area contributed by atoms with Crippen molar-refractivity contribution in [2.24, 2.45) is 0 Å². The summed E-state index contributed by atoms with van der Waals surface area (Å²) in [4.78, 5) is 15.1. The summed E-state index contributed by atoms with van der Waals surface area (Å²) < 4.78 is 11.4. The number of nitrogens with zero attached hydrogens (tertiary/aromatic N) is 5. The topological polar surface area (TPSA) is 61.7 Å². The molecule has 0 N–H and O–H groups in total. The van der Waals surface area contributed by atoms with Crippen molar-refractivity contribution in [2.75, 3.05) is 0 Å². The van der Waals surface area contributed by atoms with Gasteiger partial charge in [0, 0.05) is 60.4 Å². The Bertz CT molecular complexity index is 3830. The van der Waals surface area contributed by atoms with Crippen LogP contribution in [-0.2, 0) is 0 Å². The van der Waals surface area contributed by atoms with Gasteiger partial charge < -0.3 is 13.6 Å². The lowest BCUT2D eigenvalue weighted by Gasteiger charge is -2.12. The molecule has 0 saturated carbocycles. The SMILES string of the molecule is c1ccc(-c2nc(-c3ccccc3)nc(-c3cccc4oc5ccc(-c6ccc7c(c6)c6ccc8c9ccccc9n(-c9ccccc9)c8c6n7-c6ccccc6)cc5c34)n2)cc1. The van der Waals surface area contributed by atoms with E-state index in [1.165, 1.54) is 38.1 Å². The molecule has 0 spiro atoms. The van der Waals surface area contributed by atoms with Crippen molar-refractivity contribution >= 4 is 65.6 Å². The van der Waals surface area contributed by atoms with Crippen molar-refractivity contribution in [2.45, 2.75) is 0 Å². The molecule has 0 radical (unpaired) electrons. The van der Waals surface area contributed by atoms with Gasteiger partial charge in [-0.05, 0) is 71.8 Å². The average molecular weight is 806 g/mol. The summed E-state index contributed by atoms with van der Waals surface area (Å²) in [6, 6.07) is 74.5. The van der Waals surface area contributed by atoms with Gasteiger partial charge in [-0.3, -0.25) is 0 Å². The van der Waals surface area contributed by atoms with E-state index in [2.05, 4.69) is 149 Å². The average Bonchev–Trinajstić information content (AvgIpc) is 4.02. The molecule has 0 aliphatic heterocycles. The smallest absolute Gasteiger partial charge is 0.164 e. The van der Waals surface area contributed by atoms with Crippen LogP contribution in [0.5, 0.6) is 0 Å². The lowest BCUT2D eigenvalue weighted by molar-refractivity contribution is 0.669. The van der Waals surface area contributed by atoms with Crippen molar-refractivity contribution in [1.82, 2.24) is 24.1 Å². The lowest BCUT2D eigenvalue weighted by Crippen LogP contribution is -2.00. The summed E-state index contributed by atoms with van der Waals surface area (Å²) in [5.74, 6) is 1.83. The van der Waals surface area contributed by atoms with E-state index < -0.39 is 0 Å². The quantitative estimate of drug-likeness (QED) is 0.168. The molecule has 6 nitrogen and oxygen atoms in total. The Balaban J connectivity index is 1.04. The monoisotopic (exact) mass is 805 g/mol. The van der Waals surface area contributed by atoms with Crippen molar-refractivity contribution in [3.63, 3.8) is 0 Å². The van der Waals surface area contributed by atoms with Crippen LogP contribution in [0.2, 0.25) is 0 Å². The van der Waals surface area contributed by atoms with E-state index in [1.807, 2.05) is 72.8 Å². The number of furan rings is 1. The number of fused-ring (bicyclic) bond motifs is 10. The van der Waals surface area contributed by atoms with Gasteiger partial charge in [-0.15, -0.1) is 0 Å². The summed E-state index contributed by atoms with van der Waals surface area (Å²) in [5, 5.41) is 6.80. The van der Waals surface area contributed by atoms with Crippen molar-refractivity contribution < 1.29 is 4.42 Å². The van der Waals surface area contributed by atoms with Crippen molar-refractivity contribution in [1.29, 1.82) is 0 Å². The maximum Gasteiger partial charge on any atom is 0.164 e. The molecule has 13 rings (SSSR count). The van der Waals surface area contributed by atoms with E-state index in [4.69, 9.17) is 19.4 Å². The van der Waals surface area contributed by atoms with Crippen LogP contribution < -0.4 is 0 Å². The molecule has 63 heavy (non-hydrogen) atoms. The molecule has 0 aliphatic carbocycles. The van der Waals surface area contributed by atoms with E-state index >= 15 is 0 Å². The fraction of sp³-hybridized carbons (Fsp3) is 0. The Hall–Kier alpha value is -8.61. The second kappa shape index (κ2) is 14.0. The van der Waals surface area contributed by atoms with Gasteiger partial charge in [-0.1, -0.05) is 152 Å². The van der Waals surface area contributed by atoms with Crippen LogP contribution in [0.25, 0.3) is 122 Å². The first-order valence-corrected chi connectivity index (χ1v) is 21.2. The van der Waals surface area contributed by atoms with Gasteiger partial charge in [0.15, 0.2) is 17.5 Å². The Kier molecular flexibility index (Phi) is 7.80. The van der Waals surface area contributed by atoms with Crippen molar-refractivity contribution in [3.8, 4) is 56.7 Å². The van der Waals surface area contributed by atoms with Gasteiger partial charge in [0.05, 0.1) is 22.1 Å². The zero-order valence-corrected chi connectivity index (χ0v) is 33.9. The molecule has 0 saturated heterocycles.